The van der Waals surface area contributed by atoms with E-state index in [1.165, 1.54) is 0 Å². The molecule has 0 aromatic heterocycles. The Morgan fingerprint density at radius 1 is 1.40 bits per heavy atom. The van der Waals surface area contributed by atoms with Crippen molar-refractivity contribution in [3.8, 4) is 11.5 Å². The van der Waals surface area contributed by atoms with Gasteiger partial charge in [-0.3, -0.25) is 4.79 Å². The lowest BCUT2D eigenvalue weighted by Gasteiger charge is -2.34. The van der Waals surface area contributed by atoms with E-state index in [1.807, 2.05) is 0 Å². The first-order valence-corrected chi connectivity index (χ1v) is 6.52. The van der Waals surface area contributed by atoms with Crippen LogP contribution in [0.4, 0.5) is 0 Å². The number of rotatable bonds is 4. The Morgan fingerprint density at radius 3 is 2.65 bits per heavy atom. The normalized spacial score (nSPS) is 17.6. The van der Waals surface area contributed by atoms with Crippen molar-refractivity contribution in [3.63, 3.8) is 0 Å². The summed E-state index contributed by atoms with van der Waals surface area (Å²) >= 11 is 0. The lowest BCUT2D eigenvalue weighted by molar-refractivity contribution is -0.133. The molecule has 1 amide bonds. The molecule has 1 aromatic rings. The monoisotopic (exact) mass is 280 g/mol. The van der Waals surface area contributed by atoms with E-state index in [-0.39, 0.29) is 18.9 Å². The summed E-state index contributed by atoms with van der Waals surface area (Å²) in [6.45, 7) is 0.939. The van der Waals surface area contributed by atoms with Gasteiger partial charge in [-0.05, 0) is 12.1 Å². The van der Waals surface area contributed by atoms with Crippen LogP contribution in [0.1, 0.15) is 23.7 Å². The third-order valence-electron chi connectivity index (χ3n) is 3.50. The predicted octanol–water partition coefficient (Wildman–Crippen LogP) is 0.428. The molecule has 110 valence electrons. The number of nitrogens with zero attached hydrogens (tertiary/aromatic N) is 1. The lowest BCUT2D eigenvalue weighted by Crippen LogP contribution is -2.39. The van der Waals surface area contributed by atoms with Gasteiger partial charge in [0.1, 0.15) is 17.6 Å². The van der Waals surface area contributed by atoms with Gasteiger partial charge in [0.2, 0.25) is 5.91 Å². The van der Waals surface area contributed by atoms with E-state index in [1.54, 1.807) is 31.3 Å². The molecule has 20 heavy (non-hydrogen) atoms. The van der Waals surface area contributed by atoms with E-state index in [4.69, 9.17) is 15.2 Å². The Morgan fingerprint density at radius 2 is 2.05 bits per heavy atom. The van der Waals surface area contributed by atoms with Crippen LogP contribution in [0.2, 0.25) is 0 Å². The number of β-amino-alcohol motifs (C(OH)–C–C–N with tert-alkyl or cyclic N) is 1. The zero-order valence-corrected chi connectivity index (χ0v) is 11.8. The number of fused-ring (bicyclic) bond motifs is 1. The minimum Gasteiger partial charge on any atom is -0.496 e. The Balaban J connectivity index is 2.40. The van der Waals surface area contributed by atoms with E-state index in [0.29, 0.717) is 30.2 Å². The van der Waals surface area contributed by atoms with Crippen LogP contribution < -0.4 is 15.2 Å². The highest BCUT2D eigenvalue weighted by Gasteiger charge is 2.31. The van der Waals surface area contributed by atoms with Crippen molar-refractivity contribution >= 4 is 5.91 Å². The van der Waals surface area contributed by atoms with Crippen molar-refractivity contribution in [1.82, 2.24) is 4.90 Å². The van der Waals surface area contributed by atoms with E-state index >= 15 is 0 Å². The van der Waals surface area contributed by atoms with Gasteiger partial charge in [0.25, 0.3) is 0 Å². The average molecular weight is 280 g/mol. The summed E-state index contributed by atoms with van der Waals surface area (Å²) in [7, 11) is 3.12. The standard InChI is InChI=1S/C14H20N2O4/c1-19-11-3-4-12(20-2)14-9(11)7-16(8-10(14)17)13(18)5-6-15/h3-4,10,17H,5-8,15H2,1-2H3. The third kappa shape index (κ3) is 2.57. The van der Waals surface area contributed by atoms with Crippen LogP contribution in [0.25, 0.3) is 0 Å². The van der Waals surface area contributed by atoms with Gasteiger partial charge < -0.3 is 25.2 Å². The summed E-state index contributed by atoms with van der Waals surface area (Å²) in [5.74, 6) is 1.19. The molecule has 0 aliphatic carbocycles. The maximum absolute atomic E-state index is 12.0. The molecule has 1 aliphatic rings. The zero-order chi connectivity index (χ0) is 14.7. The van der Waals surface area contributed by atoms with Crippen LogP contribution in [-0.2, 0) is 11.3 Å². The second kappa shape index (κ2) is 6.11. The molecule has 3 N–H and O–H groups in total. The Hall–Kier alpha value is -1.79. The summed E-state index contributed by atoms with van der Waals surface area (Å²) < 4.78 is 10.6. The maximum Gasteiger partial charge on any atom is 0.224 e. The van der Waals surface area contributed by atoms with Gasteiger partial charge in [0.05, 0.1) is 20.8 Å². The van der Waals surface area contributed by atoms with Gasteiger partial charge in [0.15, 0.2) is 0 Å². The first-order valence-electron chi connectivity index (χ1n) is 6.52. The minimum atomic E-state index is -0.787. The van der Waals surface area contributed by atoms with Gasteiger partial charge >= 0.3 is 0 Å². The first kappa shape index (κ1) is 14.6. The number of ether oxygens (including phenoxy) is 2. The quantitative estimate of drug-likeness (QED) is 0.835. The molecular formula is C14H20N2O4. The van der Waals surface area contributed by atoms with Crippen molar-refractivity contribution in [1.29, 1.82) is 0 Å². The highest BCUT2D eigenvalue weighted by atomic mass is 16.5. The smallest absolute Gasteiger partial charge is 0.224 e. The Bertz CT molecular complexity index is 504. The molecule has 1 aromatic carbocycles. The van der Waals surface area contributed by atoms with Gasteiger partial charge in [-0.15, -0.1) is 0 Å². The Kier molecular flexibility index (Phi) is 4.46. The number of aliphatic hydroxyl groups excluding tert-OH is 1. The molecule has 0 radical (unpaired) electrons. The lowest BCUT2D eigenvalue weighted by atomic mass is 9.95. The van der Waals surface area contributed by atoms with Crippen LogP contribution in [0.5, 0.6) is 11.5 Å². The van der Waals surface area contributed by atoms with Crippen LogP contribution in [0, 0.1) is 0 Å². The van der Waals surface area contributed by atoms with Crippen LogP contribution in [0.3, 0.4) is 0 Å². The van der Waals surface area contributed by atoms with Crippen molar-refractivity contribution < 1.29 is 19.4 Å². The van der Waals surface area contributed by atoms with Gasteiger partial charge in [-0.1, -0.05) is 0 Å². The highest BCUT2D eigenvalue weighted by Crippen LogP contribution is 2.39. The first-order chi connectivity index (χ1) is 9.62. The fourth-order valence-corrected chi connectivity index (χ4v) is 2.55. The molecule has 1 aliphatic heterocycles. The van der Waals surface area contributed by atoms with E-state index in [2.05, 4.69) is 0 Å². The van der Waals surface area contributed by atoms with E-state index < -0.39 is 6.10 Å². The van der Waals surface area contributed by atoms with Crippen molar-refractivity contribution in [2.75, 3.05) is 27.3 Å². The largest absolute Gasteiger partial charge is 0.496 e. The second-order valence-electron chi connectivity index (χ2n) is 4.69. The minimum absolute atomic E-state index is 0.0675. The molecule has 6 heteroatoms. The number of carbonyl (C=O) groups is 1. The van der Waals surface area contributed by atoms with Crippen molar-refractivity contribution in [2.45, 2.75) is 19.1 Å². The summed E-state index contributed by atoms with van der Waals surface area (Å²) in [6, 6.07) is 3.54. The van der Waals surface area contributed by atoms with Crippen LogP contribution in [-0.4, -0.2) is 43.2 Å². The van der Waals surface area contributed by atoms with Crippen LogP contribution >= 0.6 is 0 Å². The molecule has 1 heterocycles. The van der Waals surface area contributed by atoms with Gasteiger partial charge in [-0.2, -0.15) is 0 Å². The van der Waals surface area contributed by atoms with Gasteiger partial charge in [-0.25, -0.2) is 0 Å². The number of hydrogen-bond acceptors (Lipinski definition) is 5. The summed E-state index contributed by atoms with van der Waals surface area (Å²) in [5, 5.41) is 10.3. The number of amides is 1. The van der Waals surface area contributed by atoms with Gasteiger partial charge in [0, 0.05) is 30.6 Å². The second-order valence-corrected chi connectivity index (χ2v) is 4.69. The third-order valence-corrected chi connectivity index (χ3v) is 3.50. The fourth-order valence-electron chi connectivity index (χ4n) is 2.55. The van der Waals surface area contributed by atoms with E-state index in [0.717, 1.165) is 5.56 Å². The topological polar surface area (TPSA) is 85.0 Å². The van der Waals surface area contributed by atoms with E-state index in [9.17, 15) is 9.90 Å². The average Bonchev–Trinajstić information content (AvgIpc) is 2.46. The molecule has 1 unspecified atom stereocenters. The molecule has 0 fully saturated rings. The predicted molar refractivity (Wildman–Crippen MR) is 73.6 cm³/mol. The molecular weight excluding hydrogens is 260 g/mol. The molecule has 0 spiro atoms. The summed E-state index contributed by atoms with van der Waals surface area (Å²) in [6.07, 6.45) is -0.514. The number of nitrogens with two attached hydrogens (primary N) is 1. The SMILES string of the molecule is COc1ccc(OC)c2c1CN(C(=O)CCN)CC2O. The number of aliphatic hydroxyl groups is 1. The zero-order valence-electron chi connectivity index (χ0n) is 11.8. The number of benzene rings is 1. The molecule has 2 rings (SSSR count). The molecule has 0 saturated heterocycles. The molecule has 0 bridgehead atoms. The molecule has 1 atom stereocenters. The number of hydrogen-bond donors (Lipinski definition) is 2. The van der Waals surface area contributed by atoms with Crippen LogP contribution in [0.15, 0.2) is 12.1 Å². The maximum atomic E-state index is 12.0. The van der Waals surface area contributed by atoms with Crippen molar-refractivity contribution in [2.24, 2.45) is 5.73 Å². The fraction of sp³-hybridized carbons (Fsp3) is 0.500. The van der Waals surface area contributed by atoms with Crippen molar-refractivity contribution in [3.05, 3.63) is 23.3 Å². The number of carbonyl (C=O) groups excluding carboxylic acids is 1. The number of methoxy groups -OCH3 is 2. The molecule has 6 nitrogen and oxygen atoms in total. The molecule has 0 saturated carbocycles. The summed E-state index contributed by atoms with van der Waals surface area (Å²) in [5.41, 5.74) is 6.90. The highest BCUT2D eigenvalue weighted by molar-refractivity contribution is 5.77. The summed E-state index contributed by atoms with van der Waals surface area (Å²) in [4.78, 5) is 13.6. The Labute approximate surface area is 118 Å².